The Hall–Kier alpha value is -3.29. The molecule has 3 N–H and O–H groups in total. The summed E-state index contributed by atoms with van der Waals surface area (Å²) in [6.07, 6.45) is 2.66. The van der Waals surface area contributed by atoms with Crippen molar-refractivity contribution in [3.63, 3.8) is 0 Å². The van der Waals surface area contributed by atoms with E-state index in [-0.39, 0.29) is 40.8 Å². The number of allylic oxidation sites excluding steroid dienone is 1. The van der Waals surface area contributed by atoms with Crippen molar-refractivity contribution < 1.29 is 14.6 Å². The van der Waals surface area contributed by atoms with Gasteiger partial charge in [0.15, 0.2) is 5.75 Å². The minimum Gasteiger partial charge on any atom is -0.505 e. The van der Waals surface area contributed by atoms with E-state index in [1.807, 2.05) is 33.8 Å². The van der Waals surface area contributed by atoms with Gasteiger partial charge < -0.3 is 25.4 Å². The molecule has 0 saturated heterocycles. The van der Waals surface area contributed by atoms with Gasteiger partial charge in [0.1, 0.15) is 17.1 Å². The van der Waals surface area contributed by atoms with Gasteiger partial charge in [0, 0.05) is 14.1 Å². The molecular weight excluding hydrogens is 386 g/mol. The molecule has 1 amide bonds. The van der Waals surface area contributed by atoms with Crippen LogP contribution in [0, 0.1) is 0 Å². The average molecular weight is 418 g/mol. The second-order valence-corrected chi connectivity index (χ2v) is 6.30. The Kier molecular flexibility index (Phi) is 9.61. The summed E-state index contributed by atoms with van der Waals surface area (Å²) in [5.41, 5.74) is -0.916. The summed E-state index contributed by atoms with van der Waals surface area (Å²) in [6, 6.07) is 4.58. The second kappa shape index (κ2) is 11.6. The number of benzene rings is 1. The SMILES string of the molecule is CC.CC/C=C(/CNc1c(Nc2cccc(C(=O)N(C)C)c2O)c(=O)c1=O)OCC. The number of carbonyl (C=O) groups excluding carboxylic acids is 1. The topological polar surface area (TPSA) is 108 Å². The van der Waals surface area contributed by atoms with E-state index in [0.29, 0.717) is 12.4 Å². The van der Waals surface area contributed by atoms with Crippen LogP contribution in [0.4, 0.5) is 17.1 Å². The molecular formula is C22H31N3O5. The summed E-state index contributed by atoms with van der Waals surface area (Å²) in [5, 5.41) is 16.1. The molecule has 0 aromatic heterocycles. The van der Waals surface area contributed by atoms with Gasteiger partial charge in [0.25, 0.3) is 16.8 Å². The lowest BCUT2D eigenvalue weighted by atomic mass is 10.1. The molecule has 0 spiro atoms. The average Bonchev–Trinajstić information content (AvgIpc) is 2.74. The number of nitrogens with zero attached hydrogens (tertiary/aromatic N) is 1. The zero-order valence-corrected chi connectivity index (χ0v) is 18.5. The van der Waals surface area contributed by atoms with Gasteiger partial charge in [0.05, 0.1) is 24.4 Å². The first kappa shape index (κ1) is 24.7. The molecule has 0 fully saturated rings. The van der Waals surface area contributed by atoms with Gasteiger partial charge in [-0.15, -0.1) is 0 Å². The highest BCUT2D eigenvalue weighted by atomic mass is 16.5. The van der Waals surface area contributed by atoms with Crippen LogP contribution in [-0.4, -0.2) is 43.2 Å². The van der Waals surface area contributed by atoms with Crippen LogP contribution in [0.25, 0.3) is 0 Å². The smallest absolute Gasteiger partial charge is 0.257 e. The quantitative estimate of drug-likeness (QED) is 0.327. The predicted octanol–water partition coefficient (Wildman–Crippen LogP) is 3.20. The van der Waals surface area contributed by atoms with E-state index in [1.165, 1.54) is 17.0 Å². The summed E-state index contributed by atoms with van der Waals surface area (Å²) in [6.45, 7) is 8.57. The van der Waals surface area contributed by atoms with Crippen LogP contribution in [0.2, 0.25) is 0 Å². The van der Waals surface area contributed by atoms with Gasteiger partial charge in [0.2, 0.25) is 0 Å². The van der Waals surface area contributed by atoms with E-state index >= 15 is 0 Å². The van der Waals surface area contributed by atoms with Crippen molar-refractivity contribution >= 4 is 23.0 Å². The summed E-state index contributed by atoms with van der Waals surface area (Å²) in [7, 11) is 3.14. The number of para-hydroxylation sites is 1. The van der Waals surface area contributed by atoms with E-state index in [9.17, 15) is 19.5 Å². The lowest BCUT2D eigenvalue weighted by molar-refractivity contribution is 0.0824. The Labute approximate surface area is 176 Å². The van der Waals surface area contributed by atoms with Crippen molar-refractivity contribution in [2.24, 2.45) is 0 Å². The van der Waals surface area contributed by atoms with Crippen LogP contribution >= 0.6 is 0 Å². The number of rotatable bonds is 9. The molecule has 0 radical (unpaired) electrons. The fourth-order valence-electron chi connectivity index (χ4n) is 2.64. The monoisotopic (exact) mass is 417 g/mol. The Morgan fingerprint density at radius 3 is 2.33 bits per heavy atom. The number of anilines is 3. The van der Waals surface area contributed by atoms with Gasteiger partial charge in [-0.2, -0.15) is 0 Å². The third-order valence-corrected chi connectivity index (χ3v) is 4.04. The fourth-order valence-corrected chi connectivity index (χ4v) is 2.64. The highest BCUT2D eigenvalue weighted by Crippen LogP contribution is 2.32. The van der Waals surface area contributed by atoms with Crippen molar-refractivity contribution in [3.05, 3.63) is 56.0 Å². The molecule has 0 heterocycles. The Balaban J connectivity index is 0.00000218. The zero-order valence-electron chi connectivity index (χ0n) is 18.5. The maximum Gasteiger partial charge on any atom is 0.257 e. The van der Waals surface area contributed by atoms with Crippen LogP contribution in [0.15, 0.2) is 39.6 Å². The molecule has 164 valence electrons. The summed E-state index contributed by atoms with van der Waals surface area (Å²) in [4.78, 5) is 37.4. The molecule has 8 heteroatoms. The number of ether oxygens (including phenoxy) is 1. The minimum absolute atomic E-state index is 0.0436. The van der Waals surface area contributed by atoms with Crippen molar-refractivity contribution in [1.82, 2.24) is 4.90 Å². The molecule has 0 unspecified atom stereocenters. The Morgan fingerprint density at radius 1 is 1.13 bits per heavy atom. The first-order valence-electron chi connectivity index (χ1n) is 10.0. The Bertz CT molecular complexity index is 956. The fraction of sp³-hybridized carbons (Fsp3) is 0.409. The van der Waals surface area contributed by atoms with Crippen LogP contribution in [0.5, 0.6) is 5.75 Å². The first-order chi connectivity index (χ1) is 14.3. The number of phenols is 1. The van der Waals surface area contributed by atoms with Crippen LogP contribution < -0.4 is 21.5 Å². The van der Waals surface area contributed by atoms with E-state index in [2.05, 4.69) is 10.6 Å². The second-order valence-electron chi connectivity index (χ2n) is 6.30. The molecule has 30 heavy (non-hydrogen) atoms. The molecule has 0 saturated carbocycles. The number of phenolic OH excluding ortho intramolecular Hbond substituents is 1. The number of nitrogens with one attached hydrogen (secondary N) is 2. The highest BCUT2D eigenvalue weighted by Gasteiger charge is 2.23. The maximum absolute atomic E-state index is 12.1. The van der Waals surface area contributed by atoms with E-state index in [4.69, 9.17) is 4.74 Å². The third-order valence-electron chi connectivity index (χ3n) is 4.04. The summed E-state index contributed by atoms with van der Waals surface area (Å²) < 4.78 is 5.48. The lowest BCUT2D eigenvalue weighted by Gasteiger charge is -2.18. The van der Waals surface area contributed by atoms with E-state index in [0.717, 1.165) is 6.42 Å². The van der Waals surface area contributed by atoms with Crippen LogP contribution in [0.3, 0.4) is 0 Å². The Morgan fingerprint density at radius 2 is 1.77 bits per heavy atom. The van der Waals surface area contributed by atoms with Crippen molar-refractivity contribution in [2.45, 2.75) is 34.1 Å². The number of hydrogen-bond acceptors (Lipinski definition) is 7. The first-order valence-corrected chi connectivity index (χ1v) is 10.0. The van der Waals surface area contributed by atoms with E-state index < -0.39 is 10.9 Å². The third kappa shape index (κ3) is 5.62. The highest BCUT2D eigenvalue weighted by molar-refractivity contribution is 5.99. The molecule has 0 aliphatic rings. The van der Waals surface area contributed by atoms with Gasteiger partial charge >= 0.3 is 0 Å². The van der Waals surface area contributed by atoms with Crippen molar-refractivity contribution in [1.29, 1.82) is 0 Å². The van der Waals surface area contributed by atoms with Crippen LogP contribution in [-0.2, 0) is 4.74 Å². The van der Waals surface area contributed by atoms with Gasteiger partial charge in [-0.05, 0) is 31.6 Å². The molecule has 0 aliphatic heterocycles. The standard InChI is InChI=1S/C20H25N3O5.C2H6/c1-5-8-12(28-6-2)11-21-15-16(19(26)18(15)25)22-14-10-7-9-13(17(14)24)20(27)23(3)4;1-2/h7-10,21-22,24H,5-6,11H2,1-4H3;1-2H3/b12-8-;. The number of aromatic hydroxyl groups is 1. The number of hydrogen-bond donors (Lipinski definition) is 3. The lowest BCUT2D eigenvalue weighted by Crippen LogP contribution is -2.37. The van der Waals surface area contributed by atoms with Crippen LogP contribution in [0.1, 0.15) is 44.5 Å². The normalized spacial score (nSPS) is 10.8. The van der Waals surface area contributed by atoms with Gasteiger partial charge in [-0.3, -0.25) is 14.4 Å². The largest absolute Gasteiger partial charge is 0.505 e. The predicted molar refractivity (Wildman–Crippen MR) is 121 cm³/mol. The molecule has 0 bridgehead atoms. The van der Waals surface area contributed by atoms with Crippen molar-refractivity contribution in [2.75, 3.05) is 37.9 Å². The number of amides is 1. The molecule has 2 aromatic carbocycles. The zero-order chi connectivity index (χ0) is 22.8. The molecule has 2 aromatic rings. The van der Waals surface area contributed by atoms with E-state index in [1.54, 1.807) is 20.2 Å². The minimum atomic E-state index is -0.691. The molecule has 0 atom stereocenters. The summed E-state index contributed by atoms with van der Waals surface area (Å²) in [5.74, 6) is 0.00190. The molecule has 8 nitrogen and oxygen atoms in total. The molecule has 2 rings (SSSR count). The van der Waals surface area contributed by atoms with Gasteiger partial charge in [-0.25, -0.2) is 0 Å². The maximum atomic E-state index is 12.1. The number of carbonyl (C=O) groups is 1. The van der Waals surface area contributed by atoms with Crippen molar-refractivity contribution in [3.8, 4) is 5.75 Å². The summed E-state index contributed by atoms with van der Waals surface area (Å²) >= 11 is 0. The van der Waals surface area contributed by atoms with Gasteiger partial charge in [-0.1, -0.05) is 26.8 Å². The molecule has 0 aliphatic carbocycles.